The SMILES string of the molecule is CCCCCN(S)CCC1=CCCCCC1. The van der Waals surface area contributed by atoms with Crippen LogP contribution < -0.4 is 0 Å². The number of unbranched alkanes of at least 4 members (excludes halogenated alkanes) is 2. The van der Waals surface area contributed by atoms with Gasteiger partial charge in [0.25, 0.3) is 0 Å². The molecule has 0 saturated heterocycles. The second-order valence-electron chi connectivity index (χ2n) is 4.87. The van der Waals surface area contributed by atoms with Crippen molar-refractivity contribution in [2.45, 2.75) is 64.7 Å². The molecule has 0 saturated carbocycles. The van der Waals surface area contributed by atoms with E-state index in [0.717, 1.165) is 13.1 Å². The van der Waals surface area contributed by atoms with Crippen LogP contribution in [0.1, 0.15) is 64.7 Å². The van der Waals surface area contributed by atoms with E-state index in [4.69, 9.17) is 0 Å². The van der Waals surface area contributed by atoms with Gasteiger partial charge in [0.15, 0.2) is 0 Å². The second-order valence-corrected chi connectivity index (χ2v) is 5.44. The van der Waals surface area contributed by atoms with Crippen LogP contribution in [0.2, 0.25) is 0 Å². The molecule has 0 amide bonds. The molecule has 0 aliphatic heterocycles. The zero-order valence-electron chi connectivity index (χ0n) is 10.7. The summed E-state index contributed by atoms with van der Waals surface area (Å²) in [4.78, 5) is 0. The van der Waals surface area contributed by atoms with Gasteiger partial charge >= 0.3 is 0 Å². The number of hydrogen-bond donors (Lipinski definition) is 1. The van der Waals surface area contributed by atoms with Crippen LogP contribution in [0.5, 0.6) is 0 Å². The lowest BCUT2D eigenvalue weighted by Gasteiger charge is -2.15. The van der Waals surface area contributed by atoms with Crippen LogP contribution in [-0.2, 0) is 0 Å². The molecule has 0 bridgehead atoms. The summed E-state index contributed by atoms with van der Waals surface area (Å²) in [6.07, 6.45) is 14.5. The molecule has 0 aromatic carbocycles. The molecule has 2 heteroatoms. The molecule has 0 atom stereocenters. The number of thiol groups is 1. The number of allylic oxidation sites excluding steroid dienone is 1. The fraction of sp³-hybridized carbons (Fsp3) is 0.857. The Bertz CT molecular complexity index is 201. The van der Waals surface area contributed by atoms with Crippen LogP contribution >= 0.6 is 12.8 Å². The predicted molar refractivity (Wildman–Crippen MR) is 75.9 cm³/mol. The Balaban J connectivity index is 2.10. The highest BCUT2D eigenvalue weighted by atomic mass is 32.1. The van der Waals surface area contributed by atoms with Crippen molar-refractivity contribution >= 4 is 12.8 Å². The Morgan fingerprint density at radius 3 is 2.88 bits per heavy atom. The quantitative estimate of drug-likeness (QED) is 0.387. The third kappa shape index (κ3) is 6.59. The first-order chi connectivity index (χ1) is 7.83. The number of rotatable bonds is 7. The summed E-state index contributed by atoms with van der Waals surface area (Å²) in [5, 5.41) is 0. The predicted octanol–water partition coefficient (Wildman–Crippen LogP) is 4.60. The lowest BCUT2D eigenvalue weighted by atomic mass is 10.1. The van der Waals surface area contributed by atoms with Crippen LogP contribution in [0.15, 0.2) is 11.6 Å². The van der Waals surface area contributed by atoms with Gasteiger partial charge in [-0.25, -0.2) is 0 Å². The highest BCUT2D eigenvalue weighted by Gasteiger charge is 2.05. The summed E-state index contributed by atoms with van der Waals surface area (Å²) in [7, 11) is 0. The van der Waals surface area contributed by atoms with Crippen molar-refractivity contribution in [2.75, 3.05) is 13.1 Å². The molecule has 0 aromatic rings. The van der Waals surface area contributed by atoms with Gasteiger partial charge in [0, 0.05) is 13.1 Å². The van der Waals surface area contributed by atoms with Gasteiger partial charge in [-0.3, -0.25) is 4.31 Å². The molecule has 0 unspecified atom stereocenters. The van der Waals surface area contributed by atoms with Crippen LogP contribution in [0.3, 0.4) is 0 Å². The molecule has 1 nitrogen and oxygen atoms in total. The molecule has 1 aliphatic rings. The van der Waals surface area contributed by atoms with E-state index in [1.54, 1.807) is 5.57 Å². The maximum absolute atomic E-state index is 4.54. The molecule has 16 heavy (non-hydrogen) atoms. The van der Waals surface area contributed by atoms with Crippen molar-refractivity contribution in [1.82, 2.24) is 4.31 Å². The standard InChI is InChI=1S/C14H27NS/c1-2-3-8-12-15(16)13-11-14-9-6-4-5-7-10-14/h9,16H,2-8,10-13H2,1H3. The van der Waals surface area contributed by atoms with E-state index in [1.807, 2.05) is 0 Å². The van der Waals surface area contributed by atoms with Gasteiger partial charge in [-0.15, -0.1) is 0 Å². The first kappa shape index (κ1) is 14.1. The minimum atomic E-state index is 1.12. The minimum absolute atomic E-state index is 1.12. The van der Waals surface area contributed by atoms with Gasteiger partial charge in [0.2, 0.25) is 0 Å². The minimum Gasteiger partial charge on any atom is -0.253 e. The molecular formula is C14H27NS. The van der Waals surface area contributed by atoms with Crippen LogP contribution in [0.4, 0.5) is 0 Å². The van der Waals surface area contributed by atoms with E-state index in [2.05, 4.69) is 30.1 Å². The molecular weight excluding hydrogens is 214 g/mol. The molecule has 0 heterocycles. The number of nitrogens with zero attached hydrogens (tertiary/aromatic N) is 1. The van der Waals surface area contributed by atoms with E-state index in [9.17, 15) is 0 Å². The first-order valence-corrected chi connectivity index (χ1v) is 7.34. The van der Waals surface area contributed by atoms with Gasteiger partial charge in [0.05, 0.1) is 0 Å². The highest BCUT2D eigenvalue weighted by molar-refractivity contribution is 7.77. The summed E-state index contributed by atoms with van der Waals surface area (Å²) >= 11 is 4.54. The Hall–Kier alpha value is 0.0500. The lowest BCUT2D eigenvalue weighted by Crippen LogP contribution is -2.15. The Morgan fingerprint density at radius 2 is 2.06 bits per heavy atom. The lowest BCUT2D eigenvalue weighted by molar-refractivity contribution is 0.455. The summed E-state index contributed by atoms with van der Waals surface area (Å²) < 4.78 is 2.20. The molecule has 0 fully saturated rings. The topological polar surface area (TPSA) is 3.24 Å². The van der Waals surface area contributed by atoms with Crippen LogP contribution in [0, 0.1) is 0 Å². The van der Waals surface area contributed by atoms with Crippen molar-refractivity contribution in [3.05, 3.63) is 11.6 Å². The highest BCUT2D eigenvalue weighted by Crippen LogP contribution is 2.20. The molecule has 0 N–H and O–H groups in total. The maximum atomic E-state index is 4.54. The molecule has 0 radical (unpaired) electrons. The third-order valence-electron chi connectivity index (χ3n) is 3.35. The Kier molecular flexibility index (Phi) is 8.04. The van der Waals surface area contributed by atoms with Crippen LogP contribution in [0.25, 0.3) is 0 Å². The summed E-state index contributed by atoms with van der Waals surface area (Å²) in [5.74, 6) is 0. The molecule has 1 aliphatic carbocycles. The Labute approximate surface area is 107 Å². The smallest absolute Gasteiger partial charge is 0.0124 e. The molecule has 1 rings (SSSR count). The summed E-state index contributed by atoms with van der Waals surface area (Å²) in [5.41, 5.74) is 1.67. The molecule has 94 valence electrons. The van der Waals surface area contributed by atoms with Gasteiger partial charge in [-0.1, -0.05) is 50.7 Å². The van der Waals surface area contributed by atoms with E-state index in [-0.39, 0.29) is 0 Å². The second kappa shape index (κ2) is 9.12. The first-order valence-electron chi connectivity index (χ1n) is 6.94. The van der Waals surface area contributed by atoms with Gasteiger partial charge in [0.1, 0.15) is 0 Å². The largest absolute Gasteiger partial charge is 0.253 e. The fourth-order valence-electron chi connectivity index (χ4n) is 2.24. The van der Waals surface area contributed by atoms with E-state index in [1.165, 1.54) is 57.8 Å². The van der Waals surface area contributed by atoms with E-state index >= 15 is 0 Å². The fourth-order valence-corrected chi connectivity index (χ4v) is 2.48. The molecule has 0 spiro atoms. The third-order valence-corrected chi connectivity index (χ3v) is 3.75. The maximum Gasteiger partial charge on any atom is 0.0124 e. The van der Waals surface area contributed by atoms with Gasteiger partial charge in [-0.05, 0) is 38.5 Å². The zero-order valence-corrected chi connectivity index (χ0v) is 11.6. The monoisotopic (exact) mass is 241 g/mol. The van der Waals surface area contributed by atoms with Crippen LogP contribution in [-0.4, -0.2) is 17.4 Å². The van der Waals surface area contributed by atoms with Crippen molar-refractivity contribution in [1.29, 1.82) is 0 Å². The normalized spacial score (nSPS) is 17.3. The van der Waals surface area contributed by atoms with Gasteiger partial charge in [-0.2, -0.15) is 0 Å². The van der Waals surface area contributed by atoms with Crippen molar-refractivity contribution < 1.29 is 0 Å². The molecule has 0 aromatic heterocycles. The zero-order chi connectivity index (χ0) is 11.6. The average Bonchev–Trinajstić information content (AvgIpc) is 2.55. The van der Waals surface area contributed by atoms with Crippen molar-refractivity contribution in [2.24, 2.45) is 0 Å². The van der Waals surface area contributed by atoms with E-state index < -0.39 is 0 Å². The van der Waals surface area contributed by atoms with E-state index in [0.29, 0.717) is 0 Å². The summed E-state index contributed by atoms with van der Waals surface area (Å²) in [6, 6.07) is 0. The van der Waals surface area contributed by atoms with Crippen molar-refractivity contribution in [3.63, 3.8) is 0 Å². The average molecular weight is 241 g/mol. The van der Waals surface area contributed by atoms with Gasteiger partial charge < -0.3 is 0 Å². The number of hydrogen-bond acceptors (Lipinski definition) is 2. The van der Waals surface area contributed by atoms with Crippen molar-refractivity contribution in [3.8, 4) is 0 Å². The summed E-state index contributed by atoms with van der Waals surface area (Å²) in [6.45, 7) is 4.52. The Morgan fingerprint density at radius 1 is 1.19 bits per heavy atom.